The van der Waals surface area contributed by atoms with Crippen molar-refractivity contribution in [1.29, 1.82) is 0 Å². The topological polar surface area (TPSA) is 39.7 Å². The van der Waals surface area contributed by atoms with Crippen LogP contribution in [0.2, 0.25) is 0 Å². The highest BCUT2D eigenvalue weighted by Crippen LogP contribution is 2.18. The lowest BCUT2D eigenvalue weighted by Gasteiger charge is -2.34. The number of aliphatic imine (C=N–C) groups is 1. The summed E-state index contributed by atoms with van der Waals surface area (Å²) >= 11 is 1.88. The molecule has 0 radical (unpaired) electrons. The van der Waals surface area contributed by atoms with Crippen molar-refractivity contribution in [3.05, 3.63) is 30.3 Å². The molecule has 6 heteroatoms. The maximum absolute atomic E-state index is 4.83. The van der Waals surface area contributed by atoms with Gasteiger partial charge in [0.15, 0.2) is 5.96 Å². The second-order valence-electron chi connectivity index (χ2n) is 6.90. The summed E-state index contributed by atoms with van der Waals surface area (Å²) < 4.78 is 0. The summed E-state index contributed by atoms with van der Waals surface area (Å²) in [5.41, 5.74) is 0. The van der Waals surface area contributed by atoms with E-state index in [1.54, 1.807) is 0 Å². The molecule has 0 amide bonds. The first-order valence-electron chi connectivity index (χ1n) is 9.63. The van der Waals surface area contributed by atoms with E-state index in [0.29, 0.717) is 12.0 Å². The van der Waals surface area contributed by atoms with Crippen molar-refractivity contribution in [3.8, 4) is 0 Å². The summed E-state index contributed by atoms with van der Waals surface area (Å²) in [5, 5.41) is 6.84. The molecular weight excluding hydrogens is 455 g/mol. The smallest absolute Gasteiger partial charge is 0.191 e. The van der Waals surface area contributed by atoms with Crippen LogP contribution in [0, 0.1) is 5.92 Å². The summed E-state index contributed by atoms with van der Waals surface area (Å²) in [7, 11) is 0. The van der Waals surface area contributed by atoms with E-state index in [1.165, 1.54) is 30.8 Å². The predicted molar refractivity (Wildman–Crippen MR) is 126 cm³/mol. The van der Waals surface area contributed by atoms with Crippen molar-refractivity contribution in [3.63, 3.8) is 0 Å². The Morgan fingerprint density at radius 1 is 1.27 bits per heavy atom. The molecule has 1 unspecified atom stereocenters. The molecule has 1 aliphatic heterocycles. The molecule has 26 heavy (non-hydrogen) atoms. The van der Waals surface area contributed by atoms with E-state index < -0.39 is 0 Å². The first kappa shape index (κ1) is 23.6. The Bertz CT molecular complexity index is 510. The van der Waals surface area contributed by atoms with Gasteiger partial charge in [-0.05, 0) is 58.2 Å². The van der Waals surface area contributed by atoms with Gasteiger partial charge in [-0.1, -0.05) is 18.2 Å². The lowest BCUT2D eigenvalue weighted by molar-refractivity contribution is 0.143. The van der Waals surface area contributed by atoms with Crippen molar-refractivity contribution < 1.29 is 0 Å². The van der Waals surface area contributed by atoms with E-state index in [4.69, 9.17) is 4.99 Å². The first-order valence-corrected chi connectivity index (χ1v) is 10.6. The van der Waals surface area contributed by atoms with Crippen LogP contribution in [0.25, 0.3) is 0 Å². The van der Waals surface area contributed by atoms with E-state index in [1.807, 2.05) is 11.8 Å². The normalized spacial score (nSPS) is 18.5. The number of nitrogens with one attached hydrogen (secondary N) is 2. The molecule has 0 saturated carbocycles. The number of likely N-dealkylation sites (tertiary alicyclic amines) is 1. The molecule has 0 spiro atoms. The third kappa shape index (κ3) is 8.95. The van der Waals surface area contributed by atoms with Gasteiger partial charge in [-0.25, -0.2) is 0 Å². The van der Waals surface area contributed by atoms with Crippen LogP contribution in [0.15, 0.2) is 40.2 Å². The van der Waals surface area contributed by atoms with Crippen LogP contribution in [0.3, 0.4) is 0 Å². The maximum Gasteiger partial charge on any atom is 0.191 e. The summed E-state index contributed by atoms with van der Waals surface area (Å²) in [4.78, 5) is 8.74. The lowest BCUT2D eigenvalue weighted by atomic mass is 9.97. The number of thioether (sulfide) groups is 1. The molecule has 0 aliphatic carbocycles. The first-order chi connectivity index (χ1) is 12.2. The van der Waals surface area contributed by atoms with Crippen LogP contribution >= 0.6 is 35.7 Å². The fourth-order valence-corrected chi connectivity index (χ4v) is 3.92. The molecule has 4 nitrogen and oxygen atoms in total. The average Bonchev–Trinajstić information content (AvgIpc) is 2.64. The van der Waals surface area contributed by atoms with Gasteiger partial charge in [-0.2, -0.15) is 0 Å². The van der Waals surface area contributed by atoms with Gasteiger partial charge >= 0.3 is 0 Å². The standard InChI is InChI=1S/C20H34N4S.HI/c1-4-21-20(22-12-14-25-19-10-6-5-7-11-19)23-15-18-9-8-13-24(16-18)17(2)3;/h5-7,10-11,17-18H,4,8-9,12-16H2,1-3H3,(H2,21,22,23);1H. The molecule has 1 atom stereocenters. The summed E-state index contributed by atoms with van der Waals surface area (Å²) in [5.74, 6) is 2.68. The Morgan fingerprint density at radius 3 is 2.73 bits per heavy atom. The van der Waals surface area contributed by atoms with E-state index in [0.717, 1.165) is 31.3 Å². The second kappa shape index (κ2) is 13.7. The van der Waals surface area contributed by atoms with Crippen molar-refractivity contribution in [2.24, 2.45) is 10.9 Å². The van der Waals surface area contributed by atoms with Crippen LogP contribution in [0.4, 0.5) is 0 Å². The molecular formula is C20H35IN4S. The largest absolute Gasteiger partial charge is 0.357 e. The van der Waals surface area contributed by atoms with Crippen LogP contribution in [0.5, 0.6) is 0 Å². The zero-order valence-electron chi connectivity index (χ0n) is 16.4. The van der Waals surface area contributed by atoms with Gasteiger partial charge in [0.2, 0.25) is 0 Å². The molecule has 2 N–H and O–H groups in total. The Labute approximate surface area is 181 Å². The zero-order valence-corrected chi connectivity index (χ0v) is 19.6. The van der Waals surface area contributed by atoms with Crippen molar-refractivity contribution in [2.75, 3.05) is 38.5 Å². The quantitative estimate of drug-likeness (QED) is 0.190. The minimum Gasteiger partial charge on any atom is -0.357 e. The molecule has 1 aromatic rings. The van der Waals surface area contributed by atoms with E-state index in [9.17, 15) is 0 Å². The molecule has 2 rings (SSSR count). The third-order valence-corrected chi connectivity index (χ3v) is 5.55. The molecule has 1 aromatic carbocycles. The number of halogens is 1. The third-order valence-electron chi connectivity index (χ3n) is 4.54. The van der Waals surface area contributed by atoms with Crippen molar-refractivity contribution in [2.45, 2.75) is 44.6 Å². The zero-order chi connectivity index (χ0) is 17.9. The number of benzene rings is 1. The Hall–Kier alpha value is -0.470. The molecule has 1 aliphatic rings. The molecule has 0 aromatic heterocycles. The Kier molecular flexibility index (Phi) is 12.4. The fourth-order valence-electron chi connectivity index (χ4n) is 3.13. The van der Waals surface area contributed by atoms with Crippen LogP contribution < -0.4 is 10.6 Å². The fraction of sp³-hybridized carbons (Fsp3) is 0.650. The van der Waals surface area contributed by atoms with Gasteiger partial charge < -0.3 is 15.5 Å². The number of rotatable bonds is 8. The Balaban J connectivity index is 0.00000338. The van der Waals surface area contributed by atoms with Crippen LogP contribution in [-0.2, 0) is 0 Å². The van der Waals surface area contributed by atoms with Crippen molar-refractivity contribution >= 4 is 41.7 Å². The number of nitrogens with zero attached hydrogens (tertiary/aromatic N) is 2. The predicted octanol–water partition coefficient (Wildman–Crippen LogP) is 4.07. The SMILES string of the molecule is CCNC(=NCC1CCCN(C(C)C)C1)NCCSc1ccccc1.I. The molecule has 1 saturated heterocycles. The minimum atomic E-state index is 0. The highest BCUT2D eigenvalue weighted by molar-refractivity contribution is 14.0. The van der Waals surface area contributed by atoms with Crippen LogP contribution in [-0.4, -0.2) is 55.4 Å². The van der Waals surface area contributed by atoms with Crippen LogP contribution in [0.1, 0.15) is 33.6 Å². The average molecular weight is 490 g/mol. The molecule has 148 valence electrons. The Morgan fingerprint density at radius 2 is 2.04 bits per heavy atom. The highest BCUT2D eigenvalue weighted by Gasteiger charge is 2.21. The monoisotopic (exact) mass is 490 g/mol. The number of guanidine groups is 1. The molecule has 1 fully saturated rings. The minimum absolute atomic E-state index is 0. The van der Waals surface area contributed by atoms with E-state index in [2.05, 4.69) is 66.6 Å². The van der Waals surface area contributed by atoms with E-state index in [-0.39, 0.29) is 24.0 Å². The highest BCUT2D eigenvalue weighted by atomic mass is 127. The van der Waals surface area contributed by atoms with Gasteiger partial charge in [-0.15, -0.1) is 35.7 Å². The van der Waals surface area contributed by atoms with Gasteiger partial charge in [0.05, 0.1) is 0 Å². The lowest BCUT2D eigenvalue weighted by Crippen LogP contribution is -2.42. The number of hydrogen-bond donors (Lipinski definition) is 2. The van der Waals surface area contributed by atoms with Gasteiger partial charge in [0.1, 0.15) is 0 Å². The second-order valence-corrected chi connectivity index (χ2v) is 8.07. The summed E-state index contributed by atoms with van der Waals surface area (Å²) in [6, 6.07) is 11.2. The van der Waals surface area contributed by atoms with E-state index >= 15 is 0 Å². The van der Waals surface area contributed by atoms with Gasteiger partial charge in [-0.3, -0.25) is 4.99 Å². The summed E-state index contributed by atoms with van der Waals surface area (Å²) in [6.07, 6.45) is 2.60. The number of piperidine rings is 1. The maximum atomic E-state index is 4.83. The van der Waals surface area contributed by atoms with Gasteiger partial charge in [0, 0.05) is 42.9 Å². The summed E-state index contributed by atoms with van der Waals surface area (Å²) in [6.45, 7) is 11.9. The van der Waals surface area contributed by atoms with Gasteiger partial charge in [0.25, 0.3) is 0 Å². The molecule has 0 bridgehead atoms. The molecule has 1 heterocycles. The number of hydrogen-bond acceptors (Lipinski definition) is 3. The van der Waals surface area contributed by atoms with Crippen molar-refractivity contribution in [1.82, 2.24) is 15.5 Å².